The molecule has 1 unspecified atom stereocenters. The number of pyridine rings is 1. The van der Waals surface area contributed by atoms with Gasteiger partial charge in [0.05, 0.1) is 0 Å². The SMILES string of the molecule is Cc1cc(C)c(C(=O)N2CCC(Cc3ccc(Cl)cc3)C2)c(=O)[nH]1. The number of carbonyl (C=O) groups excluding carboxylic acids is 1. The molecule has 2 aromatic rings. The summed E-state index contributed by atoms with van der Waals surface area (Å²) in [6.45, 7) is 5.02. The number of rotatable bonds is 3. The topological polar surface area (TPSA) is 53.2 Å². The van der Waals surface area contributed by atoms with Crippen molar-refractivity contribution in [2.45, 2.75) is 26.7 Å². The van der Waals surface area contributed by atoms with Gasteiger partial charge in [-0.15, -0.1) is 0 Å². The molecule has 1 aromatic heterocycles. The number of benzene rings is 1. The Morgan fingerprint density at radius 2 is 2.00 bits per heavy atom. The molecule has 24 heavy (non-hydrogen) atoms. The molecule has 1 N–H and O–H groups in total. The van der Waals surface area contributed by atoms with Gasteiger partial charge >= 0.3 is 0 Å². The standard InChI is InChI=1S/C19H21ClN2O2/c1-12-9-13(2)21-18(23)17(12)19(24)22-8-7-15(11-22)10-14-3-5-16(20)6-4-14/h3-6,9,15H,7-8,10-11H2,1-2H3,(H,21,23). The largest absolute Gasteiger partial charge is 0.338 e. The van der Waals surface area contributed by atoms with Crippen LogP contribution in [-0.2, 0) is 6.42 Å². The third-order valence-corrected chi connectivity index (χ3v) is 4.84. The first-order valence-corrected chi connectivity index (χ1v) is 8.56. The van der Waals surface area contributed by atoms with Crippen LogP contribution < -0.4 is 5.56 Å². The molecule has 4 nitrogen and oxygen atoms in total. The number of likely N-dealkylation sites (tertiary alicyclic amines) is 1. The van der Waals surface area contributed by atoms with E-state index in [9.17, 15) is 9.59 Å². The van der Waals surface area contributed by atoms with Gasteiger partial charge in [-0.3, -0.25) is 9.59 Å². The number of H-pyrrole nitrogens is 1. The van der Waals surface area contributed by atoms with Crippen molar-refractivity contribution in [3.05, 3.63) is 68.1 Å². The average Bonchev–Trinajstić information content (AvgIpc) is 2.97. The van der Waals surface area contributed by atoms with Gasteiger partial charge in [-0.2, -0.15) is 0 Å². The highest BCUT2D eigenvalue weighted by atomic mass is 35.5. The maximum absolute atomic E-state index is 12.7. The normalized spacial score (nSPS) is 17.3. The molecule has 1 fully saturated rings. The summed E-state index contributed by atoms with van der Waals surface area (Å²) in [5.74, 6) is 0.257. The predicted octanol–water partition coefficient (Wildman–Crippen LogP) is 3.35. The Morgan fingerprint density at radius 3 is 2.67 bits per heavy atom. The lowest BCUT2D eigenvalue weighted by Crippen LogP contribution is -2.34. The first kappa shape index (κ1) is 16.8. The lowest BCUT2D eigenvalue weighted by Gasteiger charge is -2.17. The third-order valence-electron chi connectivity index (χ3n) is 4.59. The summed E-state index contributed by atoms with van der Waals surface area (Å²) < 4.78 is 0. The maximum Gasteiger partial charge on any atom is 0.261 e. The van der Waals surface area contributed by atoms with E-state index in [0.717, 1.165) is 29.1 Å². The Hall–Kier alpha value is -2.07. The lowest BCUT2D eigenvalue weighted by molar-refractivity contribution is 0.0784. The molecule has 1 aliphatic rings. The summed E-state index contributed by atoms with van der Waals surface area (Å²) in [6.07, 6.45) is 1.88. The van der Waals surface area contributed by atoms with E-state index in [2.05, 4.69) is 4.98 Å². The summed E-state index contributed by atoms with van der Waals surface area (Å²) in [6, 6.07) is 9.69. The molecule has 2 heterocycles. The number of nitrogens with one attached hydrogen (secondary N) is 1. The predicted molar refractivity (Wildman–Crippen MR) is 95.7 cm³/mol. The van der Waals surface area contributed by atoms with Gasteiger partial charge in [-0.1, -0.05) is 23.7 Å². The quantitative estimate of drug-likeness (QED) is 0.928. The van der Waals surface area contributed by atoms with E-state index >= 15 is 0 Å². The van der Waals surface area contributed by atoms with Gasteiger partial charge in [0.1, 0.15) is 5.56 Å². The number of halogens is 1. The van der Waals surface area contributed by atoms with E-state index < -0.39 is 0 Å². The Bertz CT molecular complexity index is 811. The van der Waals surface area contributed by atoms with Crippen LogP contribution in [0.4, 0.5) is 0 Å². The summed E-state index contributed by atoms with van der Waals surface area (Å²) in [5, 5.41) is 0.732. The number of carbonyl (C=O) groups is 1. The van der Waals surface area contributed by atoms with Gasteiger partial charge in [0.25, 0.3) is 11.5 Å². The van der Waals surface area contributed by atoms with Crippen molar-refractivity contribution in [1.29, 1.82) is 0 Å². The van der Waals surface area contributed by atoms with Crippen molar-refractivity contribution in [1.82, 2.24) is 9.88 Å². The van der Waals surface area contributed by atoms with Crippen molar-refractivity contribution in [3.63, 3.8) is 0 Å². The third kappa shape index (κ3) is 3.54. The molecule has 1 aliphatic heterocycles. The second-order valence-corrected chi connectivity index (χ2v) is 7.01. The van der Waals surface area contributed by atoms with Crippen LogP contribution in [0.5, 0.6) is 0 Å². The molecule has 0 saturated carbocycles. The van der Waals surface area contributed by atoms with Crippen molar-refractivity contribution < 1.29 is 4.79 Å². The second-order valence-electron chi connectivity index (χ2n) is 6.58. The van der Waals surface area contributed by atoms with Crippen LogP contribution in [0, 0.1) is 19.8 Å². The number of hydrogen-bond donors (Lipinski definition) is 1. The van der Waals surface area contributed by atoms with Gasteiger partial charge in [0.2, 0.25) is 0 Å². The molecule has 1 amide bonds. The number of amides is 1. The van der Waals surface area contributed by atoms with Crippen molar-refractivity contribution in [2.24, 2.45) is 5.92 Å². The smallest absolute Gasteiger partial charge is 0.261 e. The minimum absolute atomic E-state index is 0.160. The number of aryl methyl sites for hydroxylation is 2. The molecule has 1 aromatic carbocycles. The van der Waals surface area contributed by atoms with E-state index in [1.807, 2.05) is 44.2 Å². The van der Waals surface area contributed by atoms with E-state index in [0.29, 0.717) is 19.0 Å². The summed E-state index contributed by atoms with van der Waals surface area (Å²) in [4.78, 5) is 29.4. The Kier molecular flexibility index (Phi) is 4.76. The fourth-order valence-corrected chi connectivity index (χ4v) is 3.54. The highest BCUT2D eigenvalue weighted by Gasteiger charge is 2.29. The van der Waals surface area contributed by atoms with Crippen molar-refractivity contribution in [2.75, 3.05) is 13.1 Å². The number of nitrogens with zero attached hydrogens (tertiary/aromatic N) is 1. The Labute approximate surface area is 146 Å². The number of aromatic amines is 1. The molecule has 0 bridgehead atoms. The van der Waals surface area contributed by atoms with Crippen molar-refractivity contribution in [3.8, 4) is 0 Å². The van der Waals surface area contributed by atoms with Crippen LogP contribution in [0.3, 0.4) is 0 Å². The van der Waals surface area contributed by atoms with Crippen LogP contribution in [-0.4, -0.2) is 28.9 Å². The first-order valence-electron chi connectivity index (χ1n) is 8.18. The van der Waals surface area contributed by atoms with Gasteiger partial charge < -0.3 is 9.88 Å². The molecule has 0 spiro atoms. The Balaban J connectivity index is 1.70. The van der Waals surface area contributed by atoms with Gasteiger partial charge in [-0.25, -0.2) is 0 Å². The zero-order valence-corrected chi connectivity index (χ0v) is 14.7. The molecule has 1 saturated heterocycles. The van der Waals surface area contributed by atoms with Gasteiger partial charge in [0.15, 0.2) is 0 Å². The van der Waals surface area contributed by atoms with E-state index in [4.69, 9.17) is 11.6 Å². The highest BCUT2D eigenvalue weighted by molar-refractivity contribution is 6.30. The highest BCUT2D eigenvalue weighted by Crippen LogP contribution is 2.23. The van der Waals surface area contributed by atoms with Gasteiger partial charge in [-0.05, 0) is 61.9 Å². The fourth-order valence-electron chi connectivity index (χ4n) is 3.42. The molecule has 5 heteroatoms. The Morgan fingerprint density at radius 1 is 1.29 bits per heavy atom. The van der Waals surface area contributed by atoms with Crippen LogP contribution in [0.25, 0.3) is 0 Å². The summed E-state index contributed by atoms with van der Waals surface area (Å²) >= 11 is 5.92. The molecule has 0 aliphatic carbocycles. The fraction of sp³-hybridized carbons (Fsp3) is 0.368. The monoisotopic (exact) mass is 344 g/mol. The summed E-state index contributed by atoms with van der Waals surface area (Å²) in [5.41, 5.74) is 2.72. The van der Waals surface area contributed by atoms with E-state index in [-0.39, 0.29) is 17.0 Å². The van der Waals surface area contributed by atoms with Crippen molar-refractivity contribution >= 4 is 17.5 Å². The zero-order chi connectivity index (χ0) is 17.3. The minimum Gasteiger partial charge on any atom is -0.338 e. The number of hydrogen-bond acceptors (Lipinski definition) is 2. The minimum atomic E-state index is -0.293. The maximum atomic E-state index is 12.7. The molecule has 1 atom stereocenters. The number of aromatic nitrogens is 1. The molecule has 3 rings (SSSR count). The van der Waals surface area contributed by atoms with Crippen LogP contribution >= 0.6 is 11.6 Å². The molecule has 0 radical (unpaired) electrons. The van der Waals surface area contributed by atoms with E-state index in [1.54, 1.807) is 4.90 Å². The second kappa shape index (κ2) is 6.81. The first-order chi connectivity index (χ1) is 11.4. The van der Waals surface area contributed by atoms with Gasteiger partial charge in [0, 0.05) is 23.8 Å². The van der Waals surface area contributed by atoms with Crippen LogP contribution in [0.15, 0.2) is 35.1 Å². The van der Waals surface area contributed by atoms with Crippen LogP contribution in [0.1, 0.15) is 33.6 Å². The van der Waals surface area contributed by atoms with E-state index in [1.165, 1.54) is 5.56 Å². The molecular weight excluding hydrogens is 324 g/mol. The molecule has 126 valence electrons. The summed E-state index contributed by atoms with van der Waals surface area (Å²) in [7, 11) is 0. The zero-order valence-electron chi connectivity index (χ0n) is 13.9. The lowest BCUT2D eigenvalue weighted by atomic mass is 9.99. The van der Waals surface area contributed by atoms with Crippen LogP contribution in [0.2, 0.25) is 5.02 Å². The molecular formula is C19H21ClN2O2. The average molecular weight is 345 g/mol.